The van der Waals surface area contributed by atoms with Crippen molar-refractivity contribution in [3.05, 3.63) is 46.5 Å². The van der Waals surface area contributed by atoms with E-state index < -0.39 is 0 Å². The molecule has 0 heterocycles. The Morgan fingerprint density at radius 2 is 1.17 bits per heavy atom. The molecule has 0 saturated heterocycles. The van der Waals surface area contributed by atoms with E-state index in [1.54, 1.807) is 0 Å². The van der Waals surface area contributed by atoms with Crippen LogP contribution in [-0.4, -0.2) is 11.1 Å². The molecule has 1 rings (SSSR count). The van der Waals surface area contributed by atoms with Gasteiger partial charge in [-0.05, 0) is 0 Å². The first kappa shape index (κ1) is 17.7. The summed E-state index contributed by atoms with van der Waals surface area (Å²) < 4.78 is 0. The fourth-order valence-corrected chi connectivity index (χ4v) is 1.54. The molecule has 0 fully saturated rings. The molecule has 0 aliphatic heterocycles. The van der Waals surface area contributed by atoms with Crippen LogP contribution in [0.5, 0.6) is 0 Å². The van der Waals surface area contributed by atoms with E-state index in [0.717, 1.165) is 5.56 Å². The van der Waals surface area contributed by atoms with Crippen LogP contribution in [0.15, 0.2) is 30.3 Å². The Hall–Kier alpha value is -0.263. The minimum Gasteiger partial charge on any atom is -0.669 e. The summed E-state index contributed by atoms with van der Waals surface area (Å²) in [7, 11) is 0. The molecule has 18 heavy (non-hydrogen) atoms. The third kappa shape index (κ3) is 7.23. The van der Waals surface area contributed by atoms with Crippen LogP contribution in [0.1, 0.15) is 53.3 Å². The summed E-state index contributed by atoms with van der Waals surface area (Å²) in [5, 5.41) is 9.60. The largest absolute Gasteiger partial charge is 1.00 e. The average molecular weight is 239 g/mol. The van der Waals surface area contributed by atoms with Crippen molar-refractivity contribution in [2.75, 3.05) is 0 Å². The first-order valence-corrected chi connectivity index (χ1v) is 6.16. The summed E-state index contributed by atoms with van der Waals surface area (Å²) in [6, 6.07) is 10.3. The fourth-order valence-electron chi connectivity index (χ4n) is 1.54. The minimum atomic E-state index is -0.0741. The fraction of sp³-hybridized carbons (Fsp3) is 0.600. The molecule has 0 radical (unpaired) electrons. The number of rotatable bonds is 3. The second-order valence-electron chi connectivity index (χ2n) is 6.38. The van der Waals surface area contributed by atoms with Crippen LogP contribution in [0.2, 0.25) is 0 Å². The van der Waals surface area contributed by atoms with Crippen molar-refractivity contribution < 1.29 is 18.9 Å². The van der Waals surface area contributed by atoms with E-state index in [1.807, 2.05) is 18.2 Å². The smallest absolute Gasteiger partial charge is 0.669 e. The molecule has 0 N–H and O–H groups in total. The average Bonchev–Trinajstić information content (AvgIpc) is 2.14. The maximum absolute atomic E-state index is 4.80. The van der Waals surface area contributed by atoms with Gasteiger partial charge < -0.3 is 10.6 Å². The van der Waals surface area contributed by atoms with E-state index in [1.165, 1.54) is 0 Å². The molecule has 0 unspecified atom stereocenters. The molecular weight excluding hydrogens is 215 g/mol. The second kappa shape index (κ2) is 6.77. The molecular formula is C15H24LiN2-. The van der Waals surface area contributed by atoms with Gasteiger partial charge in [0.15, 0.2) is 0 Å². The Balaban J connectivity index is 0.00000289. The van der Waals surface area contributed by atoms with E-state index >= 15 is 0 Å². The molecule has 0 bridgehead atoms. The number of benzene rings is 1. The SMILES string of the molecule is CC(C)(C)[N-]C([N-]C(C)(C)C)c1ccccc1.[Li+]. The van der Waals surface area contributed by atoms with E-state index in [4.69, 9.17) is 10.6 Å². The standard InChI is InChI=1S/C15H24N2.Li/c1-14(2,3)16-13(17-15(4,5)6)12-10-8-7-9-11-12;/h7-11,13H,1-6H3;/q-2;+1. The Morgan fingerprint density at radius 3 is 1.50 bits per heavy atom. The van der Waals surface area contributed by atoms with Crippen molar-refractivity contribution in [3.63, 3.8) is 0 Å². The summed E-state index contributed by atoms with van der Waals surface area (Å²) in [6.45, 7) is 12.7. The molecule has 96 valence electrons. The maximum Gasteiger partial charge on any atom is 1.00 e. The molecule has 1 aromatic rings. The zero-order chi connectivity index (χ0) is 13.1. The van der Waals surface area contributed by atoms with E-state index in [0.29, 0.717) is 0 Å². The van der Waals surface area contributed by atoms with Crippen LogP contribution in [0.4, 0.5) is 0 Å². The van der Waals surface area contributed by atoms with Crippen LogP contribution in [0.25, 0.3) is 10.6 Å². The number of hydrogen-bond donors (Lipinski definition) is 0. The van der Waals surface area contributed by atoms with Crippen molar-refractivity contribution in [3.8, 4) is 0 Å². The van der Waals surface area contributed by atoms with Gasteiger partial charge in [0.25, 0.3) is 0 Å². The van der Waals surface area contributed by atoms with Crippen molar-refractivity contribution in [1.82, 2.24) is 0 Å². The third-order valence-corrected chi connectivity index (χ3v) is 2.12. The topological polar surface area (TPSA) is 28.2 Å². The van der Waals surface area contributed by atoms with Crippen molar-refractivity contribution in [2.24, 2.45) is 0 Å². The van der Waals surface area contributed by atoms with Crippen molar-refractivity contribution in [1.29, 1.82) is 0 Å². The Bertz CT molecular complexity index is 320. The quantitative estimate of drug-likeness (QED) is 0.722. The molecule has 0 amide bonds. The van der Waals surface area contributed by atoms with Gasteiger partial charge in [-0.1, -0.05) is 77.4 Å². The molecule has 0 aliphatic carbocycles. The zero-order valence-corrected chi connectivity index (χ0v) is 12.9. The van der Waals surface area contributed by atoms with E-state index in [9.17, 15) is 0 Å². The molecule has 3 heteroatoms. The number of nitrogens with zero attached hydrogens (tertiary/aromatic N) is 2. The van der Waals surface area contributed by atoms with Crippen molar-refractivity contribution in [2.45, 2.75) is 58.8 Å². The molecule has 0 atom stereocenters. The van der Waals surface area contributed by atoms with E-state index in [2.05, 4.69) is 53.7 Å². The predicted octanol–water partition coefficient (Wildman–Crippen LogP) is 2.03. The number of hydrogen-bond acceptors (Lipinski definition) is 0. The van der Waals surface area contributed by atoms with Gasteiger partial charge in [0.1, 0.15) is 0 Å². The molecule has 0 spiro atoms. The van der Waals surface area contributed by atoms with Crippen LogP contribution >= 0.6 is 0 Å². The summed E-state index contributed by atoms with van der Waals surface area (Å²) >= 11 is 0. The van der Waals surface area contributed by atoms with Gasteiger partial charge in [-0.25, -0.2) is 6.17 Å². The van der Waals surface area contributed by atoms with Gasteiger partial charge in [0, 0.05) is 0 Å². The Morgan fingerprint density at radius 1 is 0.778 bits per heavy atom. The Labute approximate surface area is 124 Å². The van der Waals surface area contributed by atoms with Crippen molar-refractivity contribution >= 4 is 0 Å². The summed E-state index contributed by atoms with van der Waals surface area (Å²) in [6.07, 6.45) is -0.0730. The van der Waals surface area contributed by atoms with Gasteiger partial charge in [0.05, 0.1) is 0 Å². The van der Waals surface area contributed by atoms with Gasteiger partial charge in [-0.3, -0.25) is 0 Å². The second-order valence-corrected chi connectivity index (χ2v) is 6.38. The summed E-state index contributed by atoms with van der Waals surface area (Å²) in [5.41, 5.74) is 1.02. The van der Waals surface area contributed by atoms with Gasteiger partial charge in [-0.2, -0.15) is 0 Å². The minimum absolute atomic E-state index is 0. The molecule has 1 aromatic carbocycles. The molecule has 0 saturated carbocycles. The zero-order valence-electron chi connectivity index (χ0n) is 12.9. The molecule has 0 aromatic heterocycles. The van der Waals surface area contributed by atoms with Crippen LogP contribution in [-0.2, 0) is 0 Å². The third-order valence-electron chi connectivity index (χ3n) is 2.12. The van der Waals surface area contributed by atoms with Crippen LogP contribution in [0, 0.1) is 0 Å². The normalized spacial score (nSPS) is 12.4. The first-order chi connectivity index (χ1) is 7.67. The first-order valence-electron chi connectivity index (χ1n) is 6.16. The molecule has 0 aliphatic rings. The van der Waals surface area contributed by atoms with E-state index in [-0.39, 0.29) is 36.1 Å². The molecule has 2 nitrogen and oxygen atoms in total. The van der Waals surface area contributed by atoms with Gasteiger partial charge in [0.2, 0.25) is 0 Å². The predicted molar refractivity (Wildman–Crippen MR) is 75.4 cm³/mol. The van der Waals surface area contributed by atoms with Crippen LogP contribution in [0.3, 0.4) is 0 Å². The Kier molecular flexibility index (Phi) is 6.68. The summed E-state index contributed by atoms with van der Waals surface area (Å²) in [5.74, 6) is 0. The monoisotopic (exact) mass is 239 g/mol. The van der Waals surface area contributed by atoms with Crippen LogP contribution < -0.4 is 18.9 Å². The summed E-state index contributed by atoms with van der Waals surface area (Å²) in [4.78, 5) is 0. The maximum atomic E-state index is 4.80. The van der Waals surface area contributed by atoms with Gasteiger partial charge >= 0.3 is 18.9 Å². The van der Waals surface area contributed by atoms with Gasteiger partial charge in [-0.15, -0.1) is 11.1 Å².